The molecular formula is C18H14N4O4. The predicted octanol–water partition coefficient (Wildman–Crippen LogP) is 2.74. The van der Waals surface area contributed by atoms with E-state index in [1.165, 1.54) is 4.57 Å². The van der Waals surface area contributed by atoms with Gasteiger partial charge in [-0.25, -0.2) is 4.79 Å². The van der Waals surface area contributed by atoms with E-state index in [9.17, 15) is 9.59 Å². The molecule has 0 radical (unpaired) electrons. The minimum atomic E-state index is -0.519. The molecule has 0 saturated carbocycles. The van der Waals surface area contributed by atoms with Gasteiger partial charge in [0.15, 0.2) is 5.58 Å². The molecule has 0 aliphatic carbocycles. The number of aryl methyl sites for hydroxylation is 2. The predicted molar refractivity (Wildman–Crippen MR) is 93.9 cm³/mol. The van der Waals surface area contributed by atoms with E-state index in [2.05, 4.69) is 15.5 Å². The van der Waals surface area contributed by atoms with Crippen molar-refractivity contribution in [3.05, 3.63) is 64.5 Å². The van der Waals surface area contributed by atoms with Crippen molar-refractivity contribution >= 4 is 22.7 Å². The van der Waals surface area contributed by atoms with Gasteiger partial charge in [-0.15, -0.1) is 0 Å². The molecule has 0 aliphatic rings. The number of anilines is 1. The van der Waals surface area contributed by atoms with E-state index in [0.29, 0.717) is 28.5 Å². The maximum atomic E-state index is 12.7. The molecule has 2 aromatic carbocycles. The van der Waals surface area contributed by atoms with Crippen LogP contribution in [-0.4, -0.2) is 20.6 Å². The van der Waals surface area contributed by atoms with Gasteiger partial charge in [-0.2, -0.15) is 4.98 Å². The molecule has 0 atom stereocenters. The van der Waals surface area contributed by atoms with Crippen LogP contribution in [0.4, 0.5) is 5.69 Å². The van der Waals surface area contributed by atoms with Gasteiger partial charge in [0, 0.05) is 25.2 Å². The largest absolute Gasteiger partial charge is 0.419 e. The molecule has 130 valence electrons. The number of hydrogen-bond acceptors (Lipinski definition) is 6. The van der Waals surface area contributed by atoms with Crippen LogP contribution in [-0.2, 0) is 7.05 Å². The Balaban J connectivity index is 1.67. The average molecular weight is 350 g/mol. The Labute approximate surface area is 147 Å². The number of carbonyl (C=O) groups excluding carboxylic acids is 1. The number of carbonyl (C=O) groups is 1. The number of hydrogen-bond donors (Lipinski definition) is 1. The summed E-state index contributed by atoms with van der Waals surface area (Å²) in [5, 5.41) is 6.67. The zero-order chi connectivity index (χ0) is 18.3. The Bertz CT molecular complexity index is 1190. The Hall–Kier alpha value is -3.68. The van der Waals surface area contributed by atoms with Crippen LogP contribution >= 0.6 is 0 Å². The van der Waals surface area contributed by atoms with Crippen LogP contribution in [0.25, 0.3) is 22.5 Å². The number of benzene rings is 2. The highest BCUT2D eigenvalue weighted by Crippen LogP contribution is 2.22. The molecule has 8 nitrogen and oxygen atoms in total. The number of fused-ring (bicyclic) bond motifs is 1. The lowest BCUT2D eigenvalue weighted by Crippen LogP contribution is -2.12. The normalized spacial score (nSPS) is 11.0. The van der Waals surface area contributed by atoms with Crippen molar-refractivity contribution in [3.8, 4) is 11.4 Å². The first-order valence-electron chi connectivity index (χ1n) is 7.83. The lowest BCUT2D eigenvalue weighted by Gasteiger charge is -2.06. The minimum absolute atomic E-state index is 0.252. The first kappa shape index (κ1) is 15.8. The van der Waals surface area contributed by atoms with Crippen molar-refractivity contribution in [2.45, 2.75) is 6.92 Å². The Kier molecular flexibility index (Phi) is 3.65. The van der Waals surface area contributed by atoms with Gasteiger partial charge in [-0.3, -0.25) is 9.36 Å². The highest BCUT2D eigenvalue weighted by atomic mass is 16.5. The number of para-hydroxylation sites is 1. The van der Waals surface area contributed by atoms with Crippen molar-refractivity contribution in [2.75, 3.05) is 5.32 Å². The van der Waals surface area contributed by atoms with E-state index >= 15 is 0 Å². The maximum Gasteiger partial charge on any atom is 0.419 e. The zero-order valence-electron chi connectivity index (χ0n) is 14.0. The van der Waals surface area contributed by atoms with E-state index < -0.39 is 5.76 Å². The van der Waals surface area contributed by atoms with Crippen LogP contribution < -0.4 is 11.1 Å². The smallest absolute Gasteiger partial charge is 0.407 e. The number of nitrogens with zero attached hydrogens (tertiary/aromatic N) is 3. The molecule has 0 bridgehead atoms. The molecule has 4 rings (SSSR count). The Morgan fingerprint density at radius 1 is 1.19 bits per heavy atom. The quantitative estimate of drug-likeness (QED) is 0.609. The fraction of sp³-hybridized carbons (Fsp3) is 0.111. The second kappa shape index (κ2) is 5.99. The van der Waals surface area contributed by atoms with Crippen LogP contribution in [0.15, 0.2) is 56.2 Å². The number of aromatic nitrogens is 3. The van der Waals surface area contributed by atoms with E-state index in [4.69, 9.17) is 8.94 Å². The van der Waals surface area contributed by atoms with Gasteiger partial charge in [0.25, 0.3) is 5.91 Å². The SMILES string of the molecule is Cc1nc(-c2cccc(NC(=O)c3cccc4c3oc(=O)n4C)c2)no1. The number of rotatable bonds is 3. The van der Waals surface area contributed by atoms with Gasteiger partial charge in [-0.05, 0) is 24.3 Å². The van der Waals surface area contributed by atoms with Crippen LogP contribution in [0.3, 0.4) is 0 Å². The molecule has 4 aromatic rings. The van der Waals surface area contributed by atoms with Crippen molar-refractivity contribution in [2.24, 2.45) is 7.05 Å². The number of nitrogens with one attached hydrogen (secondary N) is 1. The first-order valence-corrected chi connectivity index (χ1v) is 7.83. The van der Waals surface area contributed by atoms with E-state index in [1.54, 1.807) is 50.4 Å². The first-order chi connectivity index (χ1) is 12.5. The molecule has 0 saturated heterocycles. The molecular weight excluding hydrogens is 336 g/mol. The molecule has 26 heavy (non-hydrogen) atoms. The third-order valence-corrected chi connectivity index (χ3v) is 3.97. The second-order valence-corrected chi connectivity index (χ2v) is 5.75. The summed E-state index contributed by atoms with van der Waals surface area (Å²) in [6.45, 7) is 1.70. The van der Waals surface area contributed by atoms with Crippen LogP contribution in [0, 0.1) is 6.92 Å². The number of oxazole rings is 1. The van der Waals surface area contributed by atoms with Gasteiger partial charge in [-0.1, -0.05) is 23.4 Å². The van der Waals surface area contributed by atoms with Gasteiger partial charge < -0.3 is 14.3 Å². The summed E-state index contributed by atoms with van der Waals surface area (Å²) in [5.74, 6) is -0.00362. The second-order valence-electron chi connectivity index (χ2n) is 5.75. The van der Waals surface area contributed by atoms with E-state index in [0.717, 1.165) is 0 Å². The Morgan fingerprint density at radius 3 is 2.77 bits per heavy atom. The third-order valence-electron chi connectivity index (χ3n) is 3.97. The van der Waals surface area contributed by atoms with Gasteiger partial charge in [0.1, 0.15) is 0 Å². The molecule has 1 amide bonds. The molecule has 2 heterocycles. The van der Waals surface area contributed by atoms with Gasteiger partial charge in [0.05, 0.1) is 11.1 Å². The maximum absolute atomic E-state index is 12.7. The zero-order valence-corrected chi connectivity index (χ0v) is 14.0. The lowest BCUT2D eigenvalue weighted by molar-refractivity contribution is 0.102. The fourth-order valence-corrected chi connectivity index (χ4v) is 2.68. The third kappa shape index (κ3) is 2.67. The van der Waals surface area contributed by atoms with Crippen molar-refractivity contribution < 1.29 is 13.7 Å². The van der Waals surface area contributed by atoms with E-state index in [1.807, 2.05) is 6.07 Å². The van der Waals surface area contributed by atoms with Crippen molar-refractivity contribution in [3.63, 3.8) is 0 Å². The summed E-state index contributed by atoms with van der Waals surface area (Å²) in [6.07, 6.45) is 0. The summed E-state index contributed by atoms with van der Waals surface area (Å²) in [7, 11) is 1.59. The minimum Gasteiger partial charge on any atom is -0.407 e. The van der Waals surface area contributed by atoms with Gasteiger partial charge in [0.2, 0.25) is 11.7 Å². The molecule has 0 unspecified atom stereocenters. The summed E-state index contributed by atoms with van der Waals surface area (Å²) in [5.41, 5.74) is 2.36. The van der Waals surface area contributed by atoms with Crippen molar-refractivity contribution in [1.82, 2.24) is 14.7 Å². The highest BCUT2D eigenvalue weighted by molar-refractivity contribution is 6.11. The molecule has 1 N–H and O–H groups in total. The van der Waals surface area contributed by atoms with E-state index in [-0.39, 0.29) is 17.1 Å². The topological polar surface area (TPSA) is 103 Å². The fourth-order valence-electron chi connectivity index (χ4n) is 2.68. The monoisotopic (exact) mass is 350 g/mol. The summed E-state index contributed by atoms with van der Waals surface area (Å²) in [4.78, 5) is 28.6. The average Bonchev–Trinajstić information content (AvgIpc) is 3.19. The molecule has 0 aliphatic heterocycles. The Morgan fingerprint density at radius 2 is 2.00 bits per heavy atom. The molecule has 0 spiro atoms. The highest BCUT2D eigenvalue weighted by Gasteiger charge is 2.16. The lowest BCUT2D eigenvalue weighted by atomic mass is 10.1. The molecule has 0 fully saturated rings. The summed E-state index contributed by atoms with van der Waals surface area (Å²) in [6, 6.07) is 12.1. The van der Waals surface area contributed by atoms with Gasteiger partial charge >= 0.3 is 5.76 Å². The van der Waals surface area contributed by atoms with Crippen LogP contribution in [0.1, 0.15) is 16.2 Å². The van der Waals surface area contributed by atoms with Crippen LogP contribution in [0.2, 0.25) is 0 Å². The summed E-state index contributed by atoms with van der Waals surface area (Å²) < 4.78 is 11.5. The summed E-state index contributed by atoms with van der Waals surface area (Å²) >= 11 is 0. The van der Waals surface area contributed by atoms with Crippen LogP contribution in [0.5, 0.6) is 0 Å². The standard InChI is InChI=1S/C18H14N4O4/c1-10-19-16(21-26-10)11-5-3-6-12(9-11)20-17(23)13-7-4-8-14-15(13)25-18(24)22(14)2/h3-9H,1-2H3,(H,20,23). The van der Waals surface area contributed by atoms with Crippen molar-refractivity contribution in [1.29, 1.82) is 0 Å². The molecule has 2 aromatic heterocycles. The molecule has 8 heteroatoms. The number of amides is 1.